The smallest absolute Gasteiger partial charge is 0.253 e. The van der Waals surface area contributed by atoms with E-state index < -0.39 is 0 Å². The van der Waals surface area contributed by atoms with Crippen molar-refractivity contribution in [1.29, 1.82) is 0 Å². The van der Waals surface area contributed by atoms with Gasteiger partial charge >= 0.3 is 0 Å². The molecule has 4 rings (SSSR count). The summed E-state index contributed by atoms with van der Waals surface area (Å²) in [5, 5.41) is 6.69. The Morgan fingerprint density at radius 2 is 1.83 bits per heavy atom. The van der Waals surface area contributed by atoms with Crippen molar-refractivity contribution < 1.29 is 19.1 Å². The van der Waals surface area contributed by atoms with E-state index in [4.69, 9.17) is 9.47 Å². The van der Waals surface area contributed by atoms with Crippen molar-refractivity contribution >= 4 is 11.8 Å². The van der Waals surface area contributed by atoms with Crippen molar-refractivity contribution in [3.05, 3.63) is 65.2 Å². The number of nitrogens with zero attached hydrogens (tertiary/aromatic N) is 2. The van der Waals surface area contributed by atoms with E-state index in [1.807, 2.05) is 62.2 Å². The molecule has 0 radical (unpaired) electrons. The van der Waals surface area contributed by atoms with Gasteiger partial charge in [0.15, 0.2) is 0 Å². The molecule has 1 saturated carbocycles. The van der Waals surface area contributed by atoms with Gasteiger partial charge < -0.3 is 29.9 Å². The molecule has 2 amide bonds. The van der Waals surface area contributed by atoms with Crippen LogP contribution in [-0.2, 0) is 22.5 Å². The lowest BCUT2D eigenvalue weighted by atomic mass is 10.1. The van der Waals surface area contributed by atoms with Gasteiger partial charge in [-0.25, -0.2) is 0 Å². The van der Waals surface area contributed by atoms with E-state index >= 15 is 0 Å². The van der Waals surface area contributed by atoms with Crippen LogP contribution >= 0.6 is 0 Å². The van der Waals surface area contributed by atoms with Crippen LogP contribution in [0.5, 0.6) is 5.75 Å². The molecule has 1 aliphatic carbocycles. The van der Waals surface area contributed by atoms with Gasteiger partial charge in [0, 0.05) is 64.0 Å². The average molecular weight is 567 g/mol. The third-order valence-corrected chi connectivity index (χ3v) is 7.65. The zero-order chi connectivity index (χ0) is 29.6. The van der Waals surface area contributed by atoms with Crippen LogP contribution in [0.4, 0.5) is 0 Å². The Hall–Kier alpha value is -2.94. The summed E-state index contributed by atoms with van der Waals surface area (Å²) < 4.78 is 10.8. The average Bonchev–Trinajstić information content (AvgIpc) is 3.70. The van der Waals surface area contributed by atoms with E-state index in [1.54, 1.807) is 12.0 Å². The molecule has 1 saturated heterocycles. The van der Waals surface area contributed by atoms with Crippen LogP contribution in [0.15, 0.2) is 48.5 Å². The third-order valence-electron chi connectivity index (χ3n) is 7.65. The number of carbonyl (C=O) groups is 2. The second-order valence-corrected chi connectivity index (χ2v) is 11.2. The normalized spacial score (nSPS) is 16.2. The minimum absolute atomic E-state index is 0.0226. The van der Waals surface area contributed by atoms with Crippen LogP contribution < -0.4 is 15.4 Å². The fourth-order valence-corrected chi connectivity index (χ4v) is 4.69. The summed E-state index contributed by atoms with van der Waals surface area (Å²) in [4.78, 5) is 28.6. The predicted molar refractivity (Wildman–Crippen MR) is 164 cm³/mol. The third kappa shape index (κ3) is 10.8. The summed E-state index contributed by atoms with van der Waals surface area (Å²) in [6.45, 7) is 10.6. The molecule has 1 unspecified atom stereocenters. The molecule has 41 heavy (non-hydrogen) atoms. The number of amides is 2. The Morgan fingerprint density at radius 1 is 1.07 bits per heavy atom. The Kier molecular flexibility index (Phi) is 13.6. The standard InChI is InChI=1S/C17H27NO3.C16H23N3O/c1-6-14-8-9-15(17(19)18(4)13(2)3)12-16(14)21-11-7-10-20-5;20-16(11-18-14-8-9-17-10-14)19(15-6-7-15)12-13-4-2-1-3-5-13/h8-9,12-13H,6-7,10-11H2,1-5H3;1-5,14-15,17-18H,6-12H2. The summed E-state index contributed by atoms with van der Waals surface area (Å²) in [7, 11) is 3.50. The lowest BCUT2D eigenvalue weighted by Gasteiger charge is -2.23. The first kappa shape index (κ1) is 32.6. The fourth-order valence-electron chi connectivity index (χ4n) is 4.69. The van der Waals surface area contributed by atoms with E-state index in [-0.39, 0.29) is 17.9 Å². The maximum Gasteiger partial charge on any atom is 0.253 e. The van der Waals surface area contributed by atoms with Crippen LogP contribution in [0.3, 0.4) is 0 Å². The number of aryl methyl sites for hydroxylation is 1. The topological polar surface area (TPSA) is 83.1 Å². The molecule has 8 heteroatoms. The largest absolute Gasteiger partial charge is 0.493 e. The Morgan fingerprint density at radius 3 is 2.44 bits per heavy atom. The highest BCUT2D eigenvalue weighted by Crippen LogP contribution is 2.28. The molecule has 2 fully saturated rings. The van der Waals surface area contributed by atoms with Gasteiger partial charge in [-0.3, -0.25) is 9.59 Å². The maximum atomic E-state index is 12.4. The van der Waals surface area contributed by atoms with Gasteiger partial charge in [0.1, 0.15) is 5.75 Å². The van der Waals surface area contributed by atoms with Crippen LogP contribution in [0.2, 0.25) is 0 Å². The number of methoxy groups -OCH3 is 1. The maximum absolute atomic E-state index is 12.4. The Labute approximate surface area is 246 Å². The van der Waals surface area contributed by atoms with Gasteiger partial charge in [-0.15, -0.1) is 0 Å². The molecule has 1 atom stereocenters. The van der Waals surface area contributed by atoms with Crippen LogP contribution in [0.1, 0.15) is 67.9 Å². The number of hydrogen-bond acceptors (Lipinski definition) is 6. The zero-order valence-electron chi connectivity index (χ0n) is 25.7. The summed E-state index contributed by atoms with van der Waals surface area (Å²) in [6.07, 6.45) is 5.15. The molecular formula is C33H50N4O4. The molecular weight excluding hydrogens is 516 g/mol. The molecule has 0 spiro atoms. The van der Waals surface area contributed by atoms with Gasteiger partial charge in [0.2, 0.25) is 5.91 Å². The van der Waals surface area contributed by atoms with E-state index in [2.05, 4.69) is 29.7 Å². The molecule has 2 aliphatic rings. The molecule has 1 heterocycles. The summed E-state index contributed by atoms with van der Waals surface area (Å²) >= 11 is 0. The van der Waals surface area contributed by atoms with Gasteiger partial charge in [0.05, 0.1) is 13.2 Å². The minimum atomic E-state index is 0.0226. The first-order valence-electron chi connectivity index (χ1n) is 15.1. The highest BCUT2D eigenvalue weighted by Gasteiger charge is 2.32. The number of ether oxygens (including phenoxy) is 2. The van der Waals surface area contributed by atoms with Gasteiger partial charge in [-0.2, -0.15) is 0 Å². The van der Waals surface area contributed by atoms with E-state index in [1.165, 1.54) is 5.56 Å². The Balaban J connectivity index is 0.000000225. The van der Waals surface area contributed by atoms with Crippen molar-refractivity contribution in [2.75, 3.05) is 47.0 Å². The van der Waals surface area contributed by atoms with Gasteiger partial charge in [-0.05, 0) is 69.3 Å². The van der Waals surface area contributed by atoms with Crippen molar-refractivity contribution in [2.24, 2.45) is 0 Å². The number of benzene rings is 2. The number of hydrogen-bond donors (Lipinski definition) is 2. The lowest BCUT2D eigenvalue weighted by Crippen LogP contribution is -2.43. The number of carbonyl (C=O) groups excluding carboxylic acids is 2. The lowest BCUT2D eigenvalue weighted by molar-refractivity contribution is -0.131. The quantitative estimate of drug-likeness (QED) is 0.333. The molecule has 1 aliphatic heterocycles. The Bertz CT molecular complexity index is 1070. The molecule has 0 aromatic heterocycles. The molecule has 2 aromatic rings. The summed E-state index contributed by atoms with van der Waals surface area (Å²) in [5.74, 6) is 1.06. The van der Waals surface area contributed by atoms with Crippen molar-refractivity contribution in [3.8, 4) is 5.75 Å². The van der Waals surface area contributed by atoms with Crippen LogP contribution in [-0.4, -0.2) is 86.7 Å². The second-order valence-electron chi connectivity index (χ2n) is 11.2. The van der Waals surface area contributed by atoms with Crippen LogP contribution in [0, 0.1) is 0 Å². The SMILES string of the molecule is CCc1ccc(C(=O)N(C)C(C)C)cc1OCCCOC.O=C(CNC1CCNC1)N(Cc1ccccc1)C1CC1. The van der Waals surface area contributed by atoms with Crippen molar-refractivity contribution in [1.82, 2.24) is 20.4 Å². The fraction of sp³-hybridized carbons (Fsp3) is 0.576. The van der Waals surface area contributed by atoms with Gasteiger partial charge in [-0.1, -0.05) is 43.3 Å². The number of nitrogens with one attached hydrogen (secondary N) is 2. The second kappa shape index (κ2) is 17.1. The van der Waals surface area contributed by atoms with Crippen molar-refractivity contribution in [3.63, 3.8) is 0 Å². The number of rotatable bonds is 14. The zero-order valence-corrected chi connectivity index (χ0v) is 25.7. The predicted octanol–water partition coefficient (Wildman–Crippen LogP) is 4.27. The first-order valence-corrected chi connectivity index (χ1v) is 15.1. The van der Waals surface area contributed by atoms with Crippen LogP contribution in [0.25, 0.3) is 0 Å². The highest BCUT2D eigenvalue weighted by molar-refractivity contribution is 5.94. The van der Waals surface area contributed by atoms with E-state index in [0.29, 0.717) is 37.4 Å². The summed E-state index contributed by atoms with van der Waals surface area (Å²) in [5.41, 5.74) is 3.01. The van der Waals surface area contributed by atoms with E-state index in [0.717, 1.165) is 63.1 Å². The van der Waals surface area contributed by atoms with E-state index in [9.17, 15) is 9.59 Å². The monoisotopic (exact) mass is 566 g/mol. The molecule has 0 bridgehead atoms. The molecule has 226 valence electrons. The minimum Gasteiger partial charge on any atom is -0.493 e. The molecule has 8 nitrogen and oxygen atoms in total. The van der Waals surface area contributed by atoms with Gasteiger partial charge in [0.25, 0.3) is 5.91 Å². The first-order chi connectivity index (χ1) is 19.8. The van der Waals surface area contributed by atoms with Crippen molar-refractivity contribution in [2.45, 2.75) is 77.5 Å². The summed E-state index contributed by atoms with van der Waals surface area (Å²) in [6, 6.07) is 17.1. The molecule has 2 N–H and O–H groups in total. The highest BCUT2D eigenvalue weighted by atomic mass is 16.5. The molecule has 2 aromatic carbocycles.